The molecule has 0 heterocycles. The van der Waals surface area contributed by atoms with Gasteiger partial charge in [0.25, 0.3) is 5.91 Å². The van der Waals surface area contributed by atoms with Gasteiger partial charge in [-0.3, -0.25) is 4.79 Å². The molecule has 1 N–H and O–H groups in total. The highest BCUT2D eigenvalue weighted by molar-refractivity contribution is 5.98. The Kier molecular flexibility index (Phi) is 6.29. The number of rotatable bonds is 6. The Hall–Kier alpha value is -2.38. The van der Waals surface area contributed by atoms with E-state index in [1.54, 1.807) is 0 Å². The smallest absolute Gasteiger partial charge is 0.417 e. The summed E-state index contributed by atoms with van der Waals surface area (Å²) in [5.41, 5.74) is -1.70. The summed E-state index contributed by atoms with van der Waals surface area (Å²) >= 11 is 0. The number of carbonyl (C=O) groups is 3. The van der Waals surface area contributed by atoms with E-state index in [1.165, 1.54) is 13.0 Å². The van der Waals surface area contributed by atoms with Gasteiger partial charge in [-0.1, -0.05) is 12.1 Å². The summed E-state index contributed by atoms with van der Waals surface area (Å²) in [7, 11) is 1.08. The number of carbonyl (C=O) groups excluding carboxylic acids is 3. The first kappa shape index (κ1) is 18.7. The third-order valence-corrected chi connectivity index (χ3v) is 3.05. The van der Waals surface area contributed by atoms with Crippen LogP contribution in [0.3, 0.4) is 0 Å². The molecule has 1 aromatic carbocycles. The molecule has 8 heteroatoms. The van der Waals surface area contributed by atoms with Crippen molar-refractivity contribution in [2.45, 2.75) is 32.0 Å². The molecule has 0 aliphatic carbocycles. The number of hydrogen-bond acceptors (Lipinski definition) is 4. The Morgan fingerprint density at radius 1 is 1.22 bits per heavy atom. The first-order chi connectivity index (χ1) is 10.7. The van der Waals surface area contributed by atoms with Gasteiger partial charge in [0.15, 0.2) is 0 Å². The van der Waals surface area contributed by atoms with Crippen molar-refractivity contribution in [3.8, 4) is 0 Å². The molecule has 0 spiro atoms. The van der Waals surface area contributed by atoms with E-state index in [4.69, 9.17) is 0 Å². The molecule has 0 aliphatic rings. The lowest BCUT2D eigenvalue weighted by atomic mass is 10.0. The fraction of sp³-hybridized carbons (Fsp3) is 0.400. The van der Waals surface area contributed by atoms with Gasteiger partial charge in [0.05, 0.1) is 18.2 Å². The summed E-state index contributed by atoms with van der Waals surface area (Å²) in [6.45, 7) is 1.30. The van der Waals surface area contributed by atoms with Gasteiger partial charge in [-0.15, -0.1) is 0 Å². The number of nitrogens with one attached hydrogen (secondary N) is 1. The highest BCUT2D eigenvalue weighted by Crippen LogP contribution is 2.31. The predicted molar refractivity (Wildman–Crippen MR) is 74.6 cm³/mol. The van der Waals surface area contributed by atoms with Crippen LogP contribution in [-0.2, 0) is 20.5 Å². The minimum Gasteiger partial charge on any atom is -0.467 e. The molecular formula is C15H16F3NO4. The van der Waals surface area contributed by atoms with E-state index in [0.29, 0.717) is 0 Å². The molecule has 23 heavy (non-hydrogen) atoms. The first-order valence-electron chi connectivity index (χ1n) is 6.71. The molecule has 0 bridgehead atoms. The van der Waals surface area contributed by atoms with Crippen molar-refractivity contribution in [3.05, 3.63) is 35.4 Å². The molecule has 0 aromatic heterocycles. The van der Waals surface area contributed by atoms with Gasteiger partial charge < -0.3 is 14.8 Å². The number of amides is 1. The molecule has 0 fully saturated rings. The average Bonchev–Trinajstić information content (AvgIpc) is 2.49. The number of halogens is 3. The lowest BCUT2D eigenvalue weighted by molar-refractivity contribution is -0.143. The minimum atomic E-state index is -4.70. The van der Waals surface area contributed by atoms with E-state index in [2.05, 4.69) is 10.1 Å². The van der Waals surface area contributed by atoms with Gasteiger partial charge in [0.1, 0.15) is 11.8 Å². The van der Waals surface area contributed by atoms with Crippen molar-refractivity contribution >= 4 is 17.7 Å². The van der Waals surface area contributed by atoms with E-state index < -0.39 is 35.2 Å². The molecule has 0 radical (unpaired) electrons. The van der Waals surface area contributed by atoms with Crippen molar-refractivity contribution in [3.63, 3.8) is 0 Å². The zero-order valence-electron chi connectivity index (χ0n) is 12.6. The van der Waals surface area contributed by atoms with E-state index in [-0.39, 0.29) is 18.6 Å². The standard InChI is InChI=1S/C15H16F3NO4/c1-9(20)7-8-12(14(22)23-2)19-13(21)10-5-3-4-6-11(10)15(16,17)18/h3-6,12H,7-8H2,1-2H3,(H,19,21)/t12-/m0/s1. The third kappa shape index (κ3) is 5.39. The number of methoxy groups -OCH3 is 1. The van der Waals surface area contributed by atoms with Crippen molar-refractivity contribution < 1.29 is 32.3 Å². The minimum absolute atomic E-state index is 0.0129. The lowest BCUT2D eigenvalue weighted by Gasteiger charge is -2.18. The van der Waals surface area contributed by atoms with Gasteiger partial charge in [0.2, 0.25) is 0 Å². The van der Waals surface area contributed by atoms with Crippen LogP contribution < -0.4 is 5.32 Å². The van der Waals surface area contributed by atoms with Crippen LogP contribution in [0, 0.1) is 0 Å². The van der Waals surface area contributed by atoms with Crippen LogP contribution in [0.5, 0.6) is 0 Å². The normalized spacial score (nSPS) is 12.4. The molecule has 0 saturated carbocycles. The van der Waals surface area contributed by atoms with Crippen LogP contribution in [-0.4, -0.2) is 30.8 Å². The summed E-state index contributed by atoms with van der Waals surface area (Å²) in [6.07, 6.45) is -4.77. The van der Waals surface area contributed by atoms with E-state index in [0.717, 1.165) is 25.3 Å². The highest BCUT2D eigenvalue weighted by atomic mass is 19.4. The number of esters is 1. The van der Waals surface area contributed by atoms with Gasteiger partial charge in [-0.2, -0.15) is 13.2 Å². The topological polar surface area (TPSA) is 72.5 Å². The molecule has 0 unspecified atom stereocenters. The second kappa shape index (κ2) is 7.75. The second-order valence-corrected chi connectivity index (χ2v) is 4.83. The maximum atomic E-state index is 12.9. The third-order valence-electron chi connectivity index (χ3n) is 3.05. The summed E-state index contributed by atoms with van der Waals surface area (Å²) in [4.78, 5) is 34.7. The zero-order valence-corrected chi connectivity index (χ0v) is 12.6. The number of Topliss-reactive ketones (excluding diaryl/α,β-unsaturated/α-hetero) is 1. The van der Waals surface area contributed by atoms with Gasteiger partial charge in [-0.25, -0.2) is 4.79 Å². The van der Waals surface area contributed by atoms with Crippen molar-refractivity contribution in [2.24, 2.45) is 0 Å². The van der Waals surface area contributed by atoms with Crippen LogP contribution in [0.25, 0.3) is 0 Å². The Labute approximate surface area is 130 Å². The van der Waals surface area contributed by atoms with Crippen LogP contribution in [0.4, 0.5) is 13.2 Å². The number of ketones is 1. The predicted octanol–water partition coefficient (Wildman–Crippen LogP) is 2.35. The van der Waals surface area contributed by atoms with Crippen LogP contribution in [0.2, 0.25) is 0 Å². The Morgan fingerprint density at radius 2 is 1.83 bits per heavy atom. The molecule has 5 nitrogen and oxygen atoms in total. The molecule has 126 valence electrons. The van der Waals surface area contributed by atoms with Gasteiger partial charge in [0, 0.05) is 6.42 Å². The fourth-order valence-corrected chi connectivity index (χ4v) is 1.90. The Balaban J connectivity index is 2.99. The van der Waals surface area contributed by atoms with Crippen molar-refractivity contribution in [1.29, 1.82) is 0 Å². The summed E-state index contributed by atoms with van der Waals surface area (Å²) in [5, 5.41) is 2.19. The largest absolute Gasteiger partial charge is 0.467 e. The quantitative estimate of drug-likeness (QED) is 0.812. The SMILES string of the molecule is COC(=O)[C@H](CCC(C)=O)NC(=O)c1ccccc1C(F)(F)F. The van der Waals surface area contributed by atoms with Gasteiger partial charge in [-0.05, 0) is 25.5 Å². The van der Waals surface area contributed by atoms with Crippen LogP contribution in [0.15, 0.2) is 24.3 Å². The maximum absolute atomic E-state index is 12.9. The monoisotopic (exact) mass is 331 g/mol. The van der Waals surface area contributed by atoms with Crippen LogP contribution >= 0.6 is 0 Å². The number of hydrogen-bond donors (Lipinski definition) is 1. The molecule has 1 rings (SSSR count). The zero-order chi connectivity index (χ0) is 17.6. The fourth-order valence-electron chi connectivity index (χ4n) is 1.90. The Morgan fingerprint density at radius 3 is 2.35 bits per heavy atom. The summed E-state index contributed by atoms with van der Waals surface area (Å²) < 4.78 is 43.2. The van der Waals surface area contributed by atoms with Crippen LogP contribution in [0.1, 0.15) is 35.7 Å². The van der Waals surface area contributed by atoms with E-state index in [9.17, 15) is 27.6 Å². The maximum Gasteiger partial charge on any atom is 0.417 e. The second-order valence-electron chi connectivity index (χ2n) is 4.83. The van der Waals surface area contributed by atoms with Crippen molar-refractivity contribution in [1.82, 2.24) is 5.32 Å². The summed E-state index contributed by atoms with van der Waals surface area (Å²) in [6, 6.07) is 3.03. The molecule has 0 aliphatic heterocycles. The molecule has 1 atom stereocenters. The lowest BCUT2D eigenvalue weighted by Crippen LogP contribution is -2.42. The highest BCUT2D eigenvalue weighted by Gasteiger charge is 2.35. The Bertz CT molecular complexity index is 599. The average molecular weight is 331 g/mol. The molecule has 1 amide bonds. The van der Waals surface area contributed by atoms with E-state index in [1.807, 2.05) is 0 Å². The number of benzene rings is 1. The van der Waals surface area contributed by atoms with E-state index >= 15 is 0 Å². The molecule has 0 saturated heterocycles. The summed E-state index contributed by atoms with van der Waals surface area (Å²) in [5.74, 6) is -2.11. The molecule has 1 aromatic rings. The first-order valence-corrected chi connectivity index (χ1v) is 6.71. The van der Waals surface area contributed by atoms with Crippen molar-refractivity contribution in [2.75, 3.05) is 7.11 Å². The van der Waals surface area contributed by atoms with Gasteiger partial charge >= 0.3 is 12.1 Å². The number of alkyl halides is 3. The molecular weight excluding hydrogens is 315 g/mol. The number of ether oxygens (including phenoxy) is 1.